The topological polar surface area (TPSA) is 207 Å². The van der Waals surface area contributed by atoms with E-state index in [1.54, 1.807) is 18.2 Å². The number of ether oxygens (including phenoxy) is 2. The first-order valence-electron chi connectivity index (χ1n) is 12.9. The number of halogens is 1. The molecule has 3 rings (SSSR count). The number of carbonyl (C=O) groups is 1. The standard InChI is InChI=1S/C24H32FN6O9P/c1-3-4-5-9-14-37-22(34)16(2)28-41(36,40-17-10-7-6-8-11-17)38-15-24(29-30-26)20(33)19(25)21(39-24)31-13-12-18(32)27-23(31)35/h6-8,10-13,16,19-21,33H,3-5,9,14-15H2,1-2H3,(H,28,36)(H,27,32,35)/t16-,19+,20-,21+,24+,41?/m0/s1. The monoisotopic (exact) mass is 598 g/mol. The molecule has 0 bridgehead atoms. The van der Waals surface area contributed by atoms with Crippen LogP contribution in [0.25, 0.3) is 10.4 Å². The number of aromatic amines is 1. The summed E-state index contributed by atoms with van der Waals surface area (Å²) < 4.78 is 51.3. The summed E-state index contributed by atoms with van der Waals surface area (Å²) in [5.41, 5.74) is 4.81. The van der Waals surface area contributed by atoms with E-state index in [4.69, 9.17) is 24.1 Å². The largest absolute Gasteiger partial charge is 0.465 e. The van der Waals surface area contributed by atoms with Gasteiger partial charge in [0.25, 0.3) is 5.56 Å². The van der Waals surface area contributed by atoms with E-state index in [9.17, 15) is 24.1 Å². The minimum absolute atomic E-state index is 0.0650. The van der Waals surface area contributed by atoms with E-state index >= 15 is 4.39 Å². The lowest BCUT2D eigenvalue weighted by atomic mass is 10.1. The average Bonchev–Trinajstić information content (AvgIpc) is 3.18. The number of hydrogen-bond donors (Lipinski definition) is 3. The summed E-state index contributed by atoms with van der Waals surface area (Å²) in [7, 11) is -4.54. The van der Waals surface area contributed by atoms with Gasteiger partial charge in [-0.25, -0.2) is 13.8 Å². The van der Waals surface area contributed by atoms with Gasteiger partial charge in [-0.1, -0.05) is 49.5 Å². The van der Waals surface area contributed by atoms with Gasteiger partial charge in [-0.3, -0.25) is 23.7 Å². The number of azide groups is 1. The van der Waals surface area contributed by atoms with Crippen LogP contribution in [0.3, 0.4) is 0 Å². The SMILES string of the molecule is CCCCCCOC(=O)[C@H](C)NP(=O)(OC[C@@]1(N=[N+]=[N-])O[C@@H](n2ccc(=O)[nH]c2=O)[C@H](F)[C@@H]1O)Oc1ccccc1. The number of rotatable bonds is 15. The number of alkyl halides is 1. The maximum atomic E-state index is 15.2. The Balaban J connectivity index is 1.82. The summed E-state index contributed by atoms with van der Waals surface area (Å²) in [6, 6.07) is 7.46. The molecule has 15 nitrogen and oxygen atoms in total. The van der Waals surface area contributed by atoms with Crippen molar-refractivity contribution in [1.29, 1.82) is 0 Å². The van der Waals surface area contributed by atoms with Gasteiger partial charge < -0.3 is 19.1 Å². The molecule has 0 saturated carbocycles. The second-order valence-electron chi connectivity index (χ2n) is 9.20. The van der Waals surface area contributed by atoms with Crippen LogP contribution < -0.4 is 20.9 Å². The minimum Gasteiger partial charge on any atom is -0.465 e. The van der Waals surface area contributed by atoms with Crippen molar-refractivity contribution >= 4 is 13.7 Å². The predicted molar refractivity (Wildman–Crippen MR) is 143 cm³/mol. The zero-order valence-electron chi connectivity index (χ0n) is 22.4. The third-order valence-corrected chi connectivity index (χ3v) is 7.68. The quantitative estimate of drug-likeness (QED) is 0.0682. The Kier molecular flexibility index (Phi) is 11.2. The maximum Gasteiger partial charge on any atom is 0.459 e. The molecule has 0 radical (unpaired) electrons. The molecule has 41 heavy (non-hydrogen) atoms. The van der Waals surface area contributed by atoms with Gasteiger partial charge in [-0.15, -0.1) is 0 Å². The van der Waals surface area contributed by atoms with Crippen molar-refractivity contribution in [2.45, 2.75) is 69.8 Å². The van der Waals surface area contributed by atoms with Crippen LogP contribution in [0.2, 0.25) is 0 Å². The highest BCUT2D eigenvalue weighted by Crippen LogP contribution is 2.48. The Morgan fingerprint density at radius 1 is 1.32 bits per heavy atom. The van der Waals surface area contributed by atoms with E-state index in [2.05, 4.69) is 15.1 Å². The summed E-state index contributed by atoms with van der Waals surface area (Å²) in [6.45, 7) is 2.52. The lowest BCUT2D eigenvalue weighted by molar-refractivity contribution is -0.145. The number of aliphatic hydroxyl groups is 1. The average molecular weight is 599 g/mol. The molecule has 0 spiro atoms. The highest BCUT2D eigenvalue weighted by Gasteiger charge is 2.57. The summed E-state index contributed by atoms with van der Waals surface area (Å²) in [4.78, 5) is 40.7. The van der Waals surface area contributed by atoms with Gasteiger partial charge >= 0.3 is 19.4 Å². The first-order valence-corrected chi connectivity index (χ1v) is 14.4. The van der Waals surface area contributed by atoms with Crippen molar-refractivity contribution in [2.75, 3.05) is 13.2 Å². The van der Waals surface area contributed by atoms with Crippen molar-refractivity contribution in [3.63, 3.8) is 0 Å². The summed E-state index contributed by atoms with van der Waals surface area (Å²) in [5, 5.41) is 16.5. The Morgan fingerprint density at radius 3 is 2.71 bits per heavy atom. The van der Waals surface area contributed by atoms with Crippen LogP contribution in [0.15, 0.2) is 57.3 Å². The number of hydrogen-bond acceptors (Lipinski definition) is 10. The van der Waals surface area contributed by atoms with Crippen LogP contribution >= 0.6 is 7.75 Å². The molecule has 3 N–H and O–H groups in total. The number of nitrogens with zero attached hydrogens (tertiary/aromatic N) is 4. The van der Waals surface area contributed by atoms with Crippen LogP contribution in [0.4, 0.5) is 4.39 Å². The summed E-state index contributed by atoms with van der Waals surface area (Å²) >= 11 is 0. The molecular weight excluding hydrogens is 566 g/mol. The van der Waals surface area contributed by atoms with Crippen LogP contribution in [0.5, 0.6) is 5.75 Å². The fraction of sp³-hybridized carbons (Fsp3) is 0.542. The second kappa shape index (κ2) is 14.4. The molecule has 1 unspecified atom stereocenters. The van der Waals surface area contributed by atoms with Crippen LogP contribution in [-0.4, -0.2) is 57.9 Å². The zero-order chi connectivity index (χ0) is 30.0. The molecule has 1 aromatic heterocycles. The third kappa shape index (κ3) is 8.26. The van der Waals surface area contributed by atoms with Crippen LogP contribution in [0.1, 0.15) is 45.8 Å². The number of aliphatic hydroxyl groups excluding tert-OH is 1. The highest BCUT2D eigenvalue weighted by atomic mass is 31.2. The number of H-pyrrole nitrogens is 1. The van der Waals surface area contributed by atoms with E-state index in [1.165, 1.54) is 19.1 Å². The molecule has 0 amide bonds. The maximum absolute atomic E-state index is 15.2. The number of carbonyl (C=O) groups excluding carboxylic acids is 1. The van der Waals surface area contributed by atoms with Crippen molar-refractivity contribution in [2.24, 2.45) is 5.11 Å². The van der Waals surface area contributed by atoms with Crippen LogP contribution in [-0.2, 0) is 23.4 Å². The molecule has 1 saturated heterocycles. The molecule has 1 fully saturated rings. The van der Waals surface area contributed by atoms with Crippen molar-refractivity contribution in [3.8, 4) is 5.75 Å². The molecule has 1 aliphatic heterocycles. The normalized spacial score (nSPS) is 24.1. The van der Waals surface area contributed by atoms with Gasteiger partial charge in [0.05, 0.1) is 13.2 Å². The van der Waals surface area contributed by atoms with Crippen molar-refractivity contribution in [1.82, 2.24) is 14.6 Å². The van der Waals surface area contributed by atoms with Crippen molar-refractivity contribution < 1.29 is 37.4 Å². The van der Waals surface area contributed by atoms with Gasteiger partial charge in [0.1, 0.15) is 17.9 Å². The number of unbranched alkanes of at least 4 members (excludes halogenated alkanes) is 3. The smallest absolute Gasteiger partial charge is 0.459 e. The van der Waals surface area contributed by atoms with Gasteiger partial charge in [-0.2, -0.15) is 5.09 Å². The Hall–Kier alpha value is -3.52. The van der Waals surface area contributed by atoms with E-state index in [0.717, 1.165) is 31.5 Å². The van der Waals surface area contributed by atoms with E-state index in [0.29, 0.717) is 11.0 Å². The first-order chi connectivity index (χ1) is 19.5. The Morgan fingerprint density at radius 2 is 2.05 bits per heavy atom. The van der Waals surface area contributed by atoms with Gasteiger partial charge in [-0.05, 0) is 31.0 Å². The summed E-state index contributed by atoms with van der Waals surface area (Å²) in [5.74, 6) is -0.680. The number of benzene rings is 1. The van der Waals surface area contributed by atoms with Crippen LogP contribution in [0, 0.1) is 0 Å². The number of esters is 1. The van der Waals surface area contributed by atoms with Crippen molar-refractivity contribution in [3.05, 3.63) is 73.9 Å². The van der Waals surface area contributed by atoms with Gasteiger partial charge in [0.15, 0.2) is 12.4 Å². The summed E-state index contributed by atoms with van der Waals surface area (Å²) in [6.07, 6.45) is -1.98. The lowest BCUT2D eigenvalue weighted by Crippen LogP contribution is -2.45. The fourth-order valence-electron chi connectivity index (χ4n) is 3.90. The molecule has 2 aromatic rings. The molecule has 2 heterocycles. The lowest BCUT2D eigenvalue weighted by Gasteiger charge is -2.29. The molecule has 1 aliphatic rings. The molecule has 6 atom stereocenters. The van der Waals surface area contributed by atoms with Gasteiger partial charge in [0, 0.05) is 17.2 Å². The zero-order valence-corrected chi connectivity index (χ0v) is 23.3. The molecular formula is C24H32FN6O9P. The fourth-order valence-corrected chi connectivity index (χ4v) is 5.41. The van der Waals surface area contributed by atoms with E-state index < -0.39 is 61.8 Å². The third-order valence-electron chi connectivity index (χ3n) is 6.06. The first kappa shape index (κ1) is 32.0. The predicted octanol–water partition coefficient (Wildman–Crippen LogP) is 3.08. The minimum atomic E-state index is -4.54. The Labute approximate surface area is 233 Å². The molecule has 224 valence electrons. The molecule has 1 aromatic carbocycles. The van der Waals surface area contributed by atoms with E-state index in [1.807, 2.05) is 11.9 Å². The molecule has 0 aliphatic carbocycles. The second-order valence-corrected chi connectivity index (χ2v) is 10.9. The number of nitrogens with one attached hydrogen (secondary N) is 2. The Bertz CT molecular complexity index is 1390. The number of aromatic nitrogens is 2. The molecule has 17 heteroatoms. The van der Waals surface area contributed by atoms with Gasteiger partial charge in [0.2, 0.25) is 5.72 Å². The van der Waals surface area contributed by atoms with E-state index in [-0.39, 0.29) is 12.4 Å². The number of para-hydroxylation sites is 1. The highest BCUT2D eigenvalue weighted by molar-refractivity contribution is 7.52.